The van der Waals surface area contributed by atoms with E-state index in [0.29, 0.717) is 18.7 Å². The average Bonchev–Trinajstić information content (AvgIpc) is 3.38. The summed E-state index contributed by atoms with van der Waals surface area (Å²) in [5, 5.41) is 20.8. The van der Waals surface area contributed by atoms with Crippen LogP contribution in [0.1, 0.15) is 22.7 Å². The molecule has 13 heteroatoms. The van der Waals surface area contributed by atoms with Crippen molar-refractivity contribution in [1.82, 2.24) is 19.8 Å². The number of hydrogen-bond acceptors (Lipinski definition) is 7. The predicted octanol–water partition coefficient (Wildman–Crippen LogP) is 3.70. The highest BCUT2D eigenvalue weighted by Gasteiger charge is 2.43. The van der Waals surface area contributed by atoms with Crippen molar-refractivity contribution in [2.75, 3.05) is 5.32 Å². The van der Waals surface area contributed by atoms with Crippen LogP contribution in [0, 0.1) is 0 Å². The number of rotatable bonds is 7. The molecular weight excluding hydrogens is 539 g/mol. The van der Waals surface area contributed by atoms with Crippen LogP contribution in [-0.4, -0.2) is 37.9 Å². The molecule has 0 saturated carbocycles. The Morgan fingerprint density at radius 3 is 2.56 bits per heavy atom. The van der Waals surface area contributed by atoms with Crippen molar-refractivity contribution in [3.8, 4) is 5.69 Å². The van der Waals surface area contributed by atoms with E-state index in [2.05, 4.69) is 20.6 Å². The Kier molecular flexibility index (Phi) is 7.17. The molecule has 39 heavy (non-hydrogen) atoms. The van der Waals surface area contributed by atoms with E-state index in [4.69, 9.17) is 11.6 Å². The number of fused-ring (bicyclic) bond motifs is 1. The molecule has 1 aliphatic rings. The number of aromatic nitrogens is 3. The number of aliphatic hydroxyl groups excluding tert-OH is 1. The molecule has 1 heterocycles. The molecule has 3 N–H and O–H groups in total. The molecule has 202 valence electrons. The maximum atomic E-state index is 12.9. The molecule has 1 aliphatic carbocycles. The molecule has 5 rings (SSSR count). The highest BCUT2D eigenvalue weighted by Crippen LogP contribution is 2.31. The minimum atomic E-state index is -5.34. The summed E-state index contributed by atoms with van der Waals surface area (Å²) in [5.74, 6) is -3.05. The first-order valence-electron chi connectivity index (χ1n) is 11.7. The summed E-state index contributed by atoms with van der Waals surface area (Å²) in [4.78, 5) is 28.7. The number of carbonyl (C=O) groups is 1. The Morgan fingerprint density at radius 1 is 1.10 bits per heavy atom. The number of benzene rings is 3. The first-order chi connectivity index (χ1) is 18.6. The third kappa shape index (κ3) is 5.67. The van der Waals surface area contributed by atoms with Gasteiger partial charge in [0.2, 0.25) is 0 Å². The highest BCUT2D eigenvalue weighted by atomic mass is 35.5. The quantitative estimate of drug-likeness (QED) is 0.317. The van der Waals surface area contributed by atoms with Gasteiger partial charge in [-0.1, -0.05) is 58.8 Å². The van der Waals surface area contributed by atoms with E-state index in [1.54, 1.807) is 30.3 Å². The van der Waals surface area contributed by atoms with Gasteiger partial charge in [-0.15, -0.1) is 5.10 Å². The summed E-state index contributed by atoms with van der Waals surface area (Å²) < 4.78 is 39.5. The van der Waals surface area contributed by atoms with E-state index in [1.807, 2.05) is 24.3 Å². The Bertz CT molecular complexity index is 1570. The zero-order valence-corrected chi connectivity index (χ0v) is 20.8. The number of carbonyl (C=O) groups excluding carboxylic acids is 1. The largest absolute Gasteiger partial charge is 0.493 e. The predicted molar refractivity (Wildman–Crippen MR) is 136 cm³/mol. The fraction of sp³-hybridized carbons (Fsp3) is 0.192. The van der Waals surface area contributed by atoms with Gasteiger partial charge in [0.25, 0.3) is 5.95 Å². The number of nitrogens with one attached hydrogen (secondary N) is 2. The van der Waals surface area contributed by atoms with Crippen LogP contribution >= 0.6 is 11.6 Å². The molecule has 2 atom stereocenters. The summed E-state index contributed by atoms with van der Waals surface area (Å²) in [6.07, 6.45) is -5.31. The number of aliphatic hydroxyl groups is 1. The van der Waals surface area contributed by atoms with Gasteiger partial charge in [0.15, 0.2) is 0 Å². The molecule has 0 amide bonds. The molecule has 0 aliphatic heterocycles. The normalized spacial score (nSPS) is 16.6. The second-order valence-electron chi connectivity index (χ2n) is 8.82. The lowest BCUT2D eigenvalue weighted by atomic mass is 10.1. The lowest BCUT2D eigenvalue weighted by Crippen LogP contribution is -2.39. The number of alkyl halides is 3. The minimum Gasteiger partial charge on any atom is -0.391 e. The maximum Gasteiger partial charge on any atom is 0.493 e. The summed E-state index contributed by atoms with van der Waals surface area (Å²) in [6, 6.07) is 20.2. The summed E-state index contributed by atoms with van der Waals surface area (Å²) >= 11 is 5.96. The molecule has 4 aromatic rings. The lowest BCUT2D eigenvalue weighted by molar-refractivity contribution is -0.200. The van der Waals surface area contributed by atoms with Crippen molar-refractivity contribution in [3.05, 3.63) is 105 Å². The standard InChI is InChI=1S/C26H21ClF3N5O4/c27-17-5-3-6-19(13-17)34-25(38)35(39-23(37)26(28,29)30)24(33-34)32-18-10-8-15(9-11-18)14-31-22-20-7-2-1-4-16(20)12-21(22)36/h1-11,13,21-22,31,36H,12,14H2,(H,32,33)/t21-,22+/m1/s1. The van der Waals surface area contributed by atoms with Gasteiger partial charge >= 0.3 is 17.8 Å². The third-order valence-corrected chi connectivity index (χ3v) is 6.38. The van der Waals surface area contributed by atoms with Gasteiger partial charge in [0.1, 0.15) is 0 Å². The molecule has 0 radical (unpaired) electrons. The first-order valence-corrected chi connectivity index (χ1v) is 12.1. The van der Waals surface area contributed by atoms with Crippen LogP contribution in [0.15, 0.2) is 77.6 Å². The van der Waals surface area contributed by atoms with Gasteiger partial charge in [-0.3, -0.25) is 0 Å². The minimum absolute atomic E-state index is 0.130. The van der Waals surface area contributed by atoms with Gasteiger partial charge in [0, 0.05) is 23.7 Å². The van der Waals surface area contributed by atoms with Crippen LogP contribution in [0.4, 0.5) is 24.8 Å². The molecule has 0 unspecified atom stereocenters. The monoisotopic (exact) mass is 559 g/mol. The van der Waals surface area contributed by atoms with Crippen LogP contribution in [-0.2, 0) is 17.8 Å². The number of nitrogens with zero attached hydrogens (tertiary/aromatic N) is 3. The van der Waals surface area contributed by atoms with Gasteiger partial charge in [-0.05, 0) is 47.0 Å². The van der Waals surface area contributed by atoms with E-state index in [-0.39, 0.29) is 21.5 Å². The van der Waals surface area contributed by atoms with Crippen molar-refractivity contribution in [1.29, 1.82) is 0 Å². The SMILES string of the molecule is O=C(On1c(Nc2ccc(CN[C@H]3c4ccccc4C[C@H]3O)cc2)nn(-c2cccc(Cl)c2)c1=O)C(F)(F)F. The lowest BCUT2D eigenvalue weighted by Gasteiger charge is -2.18. The van der Waals surface area contributed by atoms with Crippen LogP contribution < -0.4 is 21.2 Å². The first kappa shape index (κ1) is 26.5. The Balaban J connectivity index is 1.35. The molecule has 0 spiro atoms. The molecule has 0 fully saturated rings. The van der Waals surface area contributed by atoms with Crippen molar-refractivity contribution in [3.63, 3.8) is 0 Å². The van der Waals surface area contributed by atoms with E-state index in [9.17, 15) is 27.9 Å². The highest BCUT2D eigenvalue weighted by molar-refractivity contribution is 6.30. The average molecular weight is 560 g/mol. The Morgan fingerprint density at radius 2 is 1.85 bits per heavy atom. The molecule has 3 aromatic carbocycles. The van der Waals surface area contributed by atoms with Gasteiger partial charge < -0.3 is 20.6 Å². The molecule has 1 aromatic heterocycles. The van der Waals surface area contributed by atoms with Crippen molar-refractivity contribution in [2.24, 2.45) is 0 Å². The van der Waals surface area contributed by atoms with Gasteiger partial charge in [0.05, 0.1) is 17.8 Å². The van der Waals surface area contributed by atoms with E-state index in [1.165, 1.54) is 18.2 Å². The second kappa shape index (κ2) is 10.6. The maximum absolute atomic E-state index is 12.9. The Hall–Kier alpha value is -4.13. The summed E-state index contributed by atoms with van der Waals surface area (Å²) in [5.41, 5.74) is 2.35. The van der Waals surface area contributed by atoms with Crippen molar-refractivity contribution >= 4 is 29.2 Å². The van der Waals surface area contributed by atoms with Crippen molar-refractivity contribution < 1.29 is 27.9 Å². The van der Waals surface area contributed by atoms with E-state index in [0.717, 1.165) is 21.4 Å². The van der Waals surface area contributed by atoms with Gasteiger partial charge in [-0.2, -0.15) is 17.9 Å². The topological polar surface area (TPSA) is 110 Å². The van der Waals surface area contributed by atoms with Crippen LogP contribution in [0.3, 0.4) is 0 Å². The van der Waals surface area contributed by atoms with Crippen LogP contribution in [0.2, 0.25) is 5.02 Å². The summed E-state index contributed by atoms with van der Waals surface area (Å²) in [7, 11) is 0. The molecule has 0 bridgehead atoms. The number of halogens is 4. The fourth-order valence-electron chi connectivity index (χ4n) is 4.31. The van der Waals surface area contributed by atoms with E-state index >= 15 is 0 Å². The van der Waals surface area contributed by atoms with E-state index < -0.39 is 29.9 Å². The second-order valence-corrected chi connectivity index (χ2v) is 9.26. The Labute approximate surface area is 224 Å². The fourth-order valence-corrected chi connectivity index (χ4v) is 4.49. The van der Waals surface area contributed by atoms with Crippen LogP contribution in [0.5, 0.6) is 0 Å². The molecular formula is C26H21ClF3N5O4. The zero-order valence-electron chi connectivity index (χ0n) is 20.0. The van der Waals surface area contributed by atoms with Crippen LogP contribution in [0.25, 0.3) is 5.69 Å². The number of anilines is 2. The molecule has 0 saturated heterocycles. The van der Waals surface area contributed by atoms with Crippen molar-refractivity contribution in [2.45, 2.75) is 31.3 Å². The third-order valence-electron chi connectivity index (χ3n) is 6.14. The van der Waals surface area contributed by atoms with Gasteiger partial charge in [-0.25, -0.2) is 9.59 Å². The summed E-state index contributed by atoms with van der Waals surface area (Å²) in [6.45, 7) is 0.438. The number of hydrogen-bond donors (Lipinski definition) is 3. The zero-order chi connectivity index (χ0) is 27.7. The molecule has 9 nitrogen and oxygen atoms in total. The smallest absolute Gasteiger partial charge is 0.391 e.